The summed E-state index contributed by atoms with van der Waals surface area (Å²) in [6.07, 6.45) is 0. The molecule has 0 N–H and O–H groups in total. The SMILES string of the molecule is O=[N+]([O-])c1cccc(-c2csc3nc(Cl)nc(N(Cc4ccccc4)Cc4ccccc4)c23)c1. The highest BCUT2D eigenvalue weighted by atomic mass is 35.5. The van der Waals surface area contributed by atoms with E-state index in [4.69, 9.17) is 11.6 Å². The Bertz CT molecular complexity index is 1420. The Kier molecular flexibility index (Phi) is 6.20. The highest BCUT2D eigenvalue weighted by molar-refractivity contribution is 7.17. The summed E-state index contributed by atoms with van der Waals surface area (Å²) in [5, 5.41) is 14.3. The summed E-state index contributed by atoms with van der Waals surface area (Å²) < 4.78 is 0. The summed E-state index contributed by atoms with van der Waals surface area (Å²) in [5.74, 6) is 0.700. The Morgan fingerprint density at radius 2 is 1.53 bits per heavy atom. The topological polar surface area (TPSA) is 72.2 Å². The number of halogens is 1. The number of nitro groups is 1. The van der Waals surface area contributed by atoms with Crippen molar-refractivity contribution in [3.05, 3.63) is 117 Å². The first-order valence-electron chi connectivity index (χ1n) is 10.6. The monoisotopic (exact) mass is 486 g/mol. The first kappa shape index (κ1) is 22.0. The number of anilines is 1. The molecule has 0 atom stereocenters. The summed E-state index contributed by atoms with van der Waals surface area (Å²) in [7, 11) is 0. The highest BCUT2D eigenvalue weighted by Crippen LogP contribution is 2.40. The zero-order valence-electron chi connectivity index (χ0n) is 18.0. The Morgan fingerprint density at radius 1 is 0.882 bits per heavy atom. The Labute approximate surface area is 205 Å². The van der Waals surface area contributed by atoms with Gasteiger partial charge in [-0.3, -0.25) is 10.1 Å². The van der Waals surface area contributed by atoms with Gasteiger partial charge in [-0.15, -0.1) is 11.3 Å². The lowest BCUT2D eigenvalue weighted by atomic mass is 10.0. The van der Waals surface area contributed by atoms with E-state index in [1.807, 2.05) is 47.8 Å². The number of nitrogens with zero attached hydrogens (tertiary/aromatic N) is 4. The lowest BCUT2D eigenvalue weighted by molar-refractivity contribution is -0.384. The van der Waals surface area contributed by atoms with E-state index in [-0.39, 0.29) is 15.9 Å². The lowest BCUT2D eigenvalue weighted by Gasteiger charge is -2.25. The standard InChI is InChI=1S/C26H19ClN4O2S/c27-26-28-24(30(15-18-8-3-1-4-9-18)16-19-10-5-2-6-11-19)23-22(17-34-25(23)29-26)20-12-7-13-21(14-20)31(32)33/h1-14,17H,15-16H2. The number of thiophene rings is 1. The fourth-order valence-electron chi connectivity index (χ4n) is 3.94. The van der Waals surface area contributed by atoms with E-state index in [0.29, 0.717) is 18.9 Å². The molecule has 3 aromatic carbocycles. The zero-order chi connectivity index (χ0) is 23.5. The third-order valence-electron chi connectivity index (χ3n) is 5.49. The van der Waals surface area contributed by atoms with E-state index in [1.54, 1.807) is 12.1 Å². The maximum atomic E-state index is 11.4. The molecule has 168 valence electrons. The van der Waals surface area contributed by atoms with Gasteiger partial charge in [0.05, 0.1) is 10.3 Å². The summed E-state index contributed by atoms with van der Waals surface area (Å²) in [4.78, 5) is 23.0. The van der Waals surface area contributed by atoms with Gasteiger partial charge in [-0.25, -0.2) is 4.98 Å². The molecule has 0 amide bonds. The van der Waals surface area contributed by atoms with Crippen LogP contribution in [0.25, 0.3) is 21.3 Å². The van der Waals surface area contributed by atoms with Gasteiger partial charge in [-0.05, 0) is 28.3 Å². The maximum absolute atomic E-state index is 11.4. The van der Waals surface area contributed by atoms with E-state index in [2.05, 4.69) is 39.1 Å². The molecule has 2 aromatic heterocycles. The Balaban J connectivity index is 1.68. The largest absolute Gasteiger partial charge is 0.347 e. The van der Waals surface area contributed by atoms with Gasteiger partial charge in [-0.2, -0.15) is 4.98 Å². The average Bonchev–Trinajstić information content (AvgIpc) is 3.28. The van der Waals surface area contributed by atoms with E-state index in [9.17, 15) is 10.1 Å². The van der Waals surface area contributed by atoms with Crippen LogP contribution in [0, 0.1) is 10.1 Å². The molecule has 0 radical (unpaired) electrons. The Hall–Kier alpha value is -3.81. The fourth-order valence-corrected chi connectivity index (χ4v) is 5.10. The molecule has 34 heavy (non-hydrogen) atoms. The number of fused-ring (bicyclic) bond motifs is 1. The van der Waals surface area contributed by atoms with E-state index in [0.717, 1.165) is 32.5 Å². The first-order valence-corrected chi connectivity index (χ1v) is 11.9. The number of non-ortho nitro benzene ring substituents is 1. The van der Waals surface area contributed by atoms with Crippen molar-refractivity contribution in [2.75, 3.05) is 4.90 Å². The van der Waals surface area contributed by atoms with Crippen LogP contribution in [0.4, 0.5) is 11.5 Å². The number of hydrogen-bond acceptors (Lipinski definition) is 6. The molecule has 8 heteroatoms. The van der Waals surface area contributed by atoms with Gasteiger partial charge in [0, 0.05) is 36.2 Å². The van der Waals surface area contributed by atoms with Crippen molar-refractivity contribution in [1.29, 1.82) is 0 Å². The zero-order valence-corrected chi connectivity index (χ0v) is 19.5. The van der Waals surface area contributed by atoms with Crippen molar-refractivity contribution >= 4 is 44.7 Å². The summed E-state index contributed by atoms with van der Waals surface area (Å²) >= 11 is 7.81. The molecule has 0 spiro atoms. The van der Waals surface area contributed by atoms with Crippen molar-refractivity contribution in [3.63, 3.8) is 0 Å². The third kappa shape index (κ3) is 4.62. The van der Waals surface area contributed by atoms with Crippen molar-refractivity contribution in [3.8, 4) is 11.1 Å². The molecule has 5 aromatic rings. The van der Waals surface area contributed by atoms with Crippen LogP contribution >= 0.6 is 22.9 Å². The molecule has 0 aliphatic rings. The van der Waals surface area contributed by atoms with Gasteiger partial charge in [0.2, 0.25) is 5.28 Å². The molecule has 0 aliphatic carbocycles. The normalized spacial score (nSPS) is 11.0. The number of aromatic nitrogens is 2. The van der Waals surface area contributed by atoms with Gasteiger partial charge in [0.15, 0.2) is 0 Å². The quantitative estimate of drug-likeness (QED) is 0.139. The van der Waals surface area contributed by atoms with Gasteiger partial charge in [-0.1, -0.05) is 72.8 Å². The highest BCUT2D eigenvalue weighted by Gasteiger charge is 2.21. The molecular formula is C26H19ClN4O2S. The van der Waals surface area contributed by atoms with Gasteiger partial charge < -0.3 is 4.90 Å². The molecule has 0 bridgehead atoms. The van der Waals surface area contributed by atoms with Gasteiger partial charge >= 0.3 is 0 Å². The average molecular weight is 487 g/mol. The number of benzene rings is 3. The second kappa shape index (κ2) is 9.59. The minimum absolute atomic E-state index is 0.0405. The fraction of sp³-hybridized carbons (Fsp3) is 0.0769. The lowest BCUT2D eigenvalue weighted by Crippen LogP contribution is -2.23. The summed E-state index contributed by atoms with van der Waals surface area (Å²) in [5.41, 5.74) is 3.90. The molecule has 0 fully saturated rings. The molecule has 2 heterocycles. The second-order valence-corrected chi connectivity index (χ2v) is 8.98. The van der Waals surface area contributed by atoms with Crippen molar-refractivity contribution in [2.24, 2.45) is 0 Å². The summed E-state index contributed by atoms with van der Waals surface area (Å²) in [6.45, 7) is 1.23. The van der Waals surface area contributed by atoms with Crippen molar-refractivity contribution in [2.45, 2.75) is 13.1 Å². The van der Waals surface area contributed by atoms with Crippen LogP contribution < -0.4 is 4.90 Å². The molecule has 0 aliphatic heterocycles. The molecule has 0 saturated heterocycles. The van der Waals surface area contributed by atoms with Crippen LogP contribution in [0.1, 0.15) is 11.1 Å². The van der Waals surface area contributed by atoms with Crippen LogP contribution in [0.3, 0.4) is 0 Å². The summed E-state index contributed by atoms with van der Waals surface area (Å²) in [6, 6.07) is 27.0. The van der Waals surface area contributed by atoms with E-state index < -0.39 is 0 Å². The molecular weight excluding hydrogens is 468 g/mol. The van der Waals surface area contributed by atoms with Gasteiger partial charge in [0.1, 0.15) is 10.6 Å². The van der Waals surface area contributed by atoms with Crippen LogP contribution in [0.5, 0.6) is 0 Å². The predicted molar refractivity (Wildman–Crippen MR) is 137 cm³/mol. The predicted octanol–water partition coefficient (Wildman–Crippen LogP) is 7.13. The van der Waals surface area contributed by atoms with Crippen molar-refractivity contribution in [1.82, 2.24) is 9.97 Å². The minimum Gasteiger partial charge on any atom is -0.347 e. The smallest absolute Gasteiger partial charge is 0.270 e. The second-order valence-electron chi connectivity index (χ2n) is 7.78. The number of nitro benzene ring substituents is 1. The maximum Gasteiger partial charge on any atom is 0.270 e. The first-order chi connectivity index (χ1) is 16.6. The van der Waals surface area contributed by atoms with Crippen molar-refractivity contribution < 1.29 is 4.92 Å². The minimum atomic E-state index is -0.385. The van der Waals surface area contributed by atoms with Crippen LogP contribution in [0.2, 0.25) is 5.28 Å². The molecule has 0 unspecified atom stereocenters. The molecule has 6 nitrogen and oxygen atoms in total. The third-order valence-corrected chi connectivity index (χ3v) is 6.53. The number of rotatable bonds is 7. The van der Waals surface area contributed by atoms with Crippen LogP contribution in [-0.2, 0) is 13.1 Å². The van der Waals surface area contributed by atoms with Crippen LogP contribution in [0.15, 0.2) is 90.3 Å². The van der Waals surface area contributed by atoms with E-state index in [1.165, 1.54) is 17.4 Å². The van der Waals surface area contributed by atoms with E-state index >= 15 is 0 Å². The Morgan fingerprint density at radius 3 is 2.15 bits per heavy atom. The van der Waals surface area contributed by atoms with Crippen LogP contribution in [-0.4, -0.2) is 14.9 Å². The molecule has 0 saturated carbocycles. The molecule has 5 rings (SSSR count). The van der Waals surface area contributed by atoms with Gasteiger partial charge in [0.25, 0.3) is 5.69 Å². The number of hydrogen-bond donors (Lipinski definition) is 0.